The summed E-state index contributed by atoms with van der Waals surface area (Å²) in [6.07, 6.45) is 11.6. The third-order valence-corrected chi connectivity index (χ3v) is 5.48. The van der Waals surface area contributed by atoms with Gasteiger partial charge in [-0.3, -0.25) is 0 Å². The fourth-order valence-electron chi connectivity index (χ4n) is 2.58. The average molecular weight is 361 g/mol. The van der Waals surface area contributed by atoms with Gasteiger partial charge in [-0.25, -0.2) is 21.9 Å². The quantitative estimate of drug-likeness (QED) is 0.493. The van der Waals surface area contributed by atoms with Crippen molar-refractivity contribution in [3.63, 3.8) is 0 Å². The second kappa shape index (κ2) is 11.5. The molecule has 1 rings (SSSR count). The van der Waals surface area contributed by atoms with Crippen LogP contribution in [0.2, 0.25) is 0 Å². The molecule has 0 saturated carbocycles. The second-order valence-electron chi connectivity index (χ2n) is 6.15. The summed E-state index contributed by atoms with van der Waals surface area (Å²) in [5, 5.41) is 0. The number of hydrogen-bond acceptors (Lipinski definition) is 2. The second-order valence-corrected chi connectivity index (χ2v) is 7.89. The molecule has 0 atom stereocenters. The van der Waals surface area contributed by atoms with Gasteiger partial charge in [0.1, 0.15) is 16.5 Å². The van der Waals surface area contributed by atoms with Gasteiger partial charge in [-0.05, 0) is 24.6 Å². The number of unbranched alkanes of at least 4 members (excludes halogenated alkanes) is 9. The van der Waals surface area contributed by atoms with Crippen LogP contribution in [0.3, 0.4) is 0 Å². The Balaban J connectivity index is 2.15. The van der Waals surface area contributed by atoms with Gasteiger partial charge >= 0.3 is 0 Å². The van der Waals surface area contributed by atoms with Crippen molar-refractivity contribution in [1.29, 1.82) is 0 Å². The summed E-state index contributed by atoms with van der Waals surface area (Å²) < 4.78 is 52.8. The van der Waals surface area contributed by atoms with Crippen LogP contribution in [0.25, 0.3) is 0 Å². The molecule has 24 heavy (non-hydrogen) atoms. The van der Waals surface area contributed by atoms with Gasteiger partial charge in [-0.1, -0.05) is 64.7 Å². The summed E-state index contributed by atoms with van der Waals surface area (Å²) in [7, 11) is -3.99. The first kappa shape index (κ1) is 21.0. The van der Waals surface area contributed by atoms with E-state index in [0.29, 0.717) is 12.5 Å². The maximum Gasteiger partial charge on any atom is 0.243 e. The van der Waals surface area contributed by atoms with Crippen molar-refractivity contribution in [3.8, 4) is 0 Å². The van der Waals surface area contributed by atoms with Crippen LogP contribution in [0.4, 0.5) is 8.78 Å². The zero-order valence-corrected chi connectivity index (χ0v) is 15.3. The summed E-state index contributed by atoms with van der Waals surface area (Å²) in [4.78, 5) is -0.630. The molecule has 0 spiro atoms. The predicted molar refractivity (Wildman–Crippen MR) is 93.4 cm³/mol. The van der Waals surface area contributed by atoms with Gasteiger partial charge in [-0.2, -0.15) is 0 Å². The van der Waals surface area contributed by atoms with Crippen LogP contribution in [-0.4, -0.2) is 15.0 Å². The lowest BCUT2D eigenvalue weighted by Gasteiger charge is -2.08. The van der Waals surface area contributed by atoms with E-state index in [0.717, 1.165) is 31.4 Å². The Labute approximate surface area is 144 Å². The molecule has 0 saturated heterocycles. The van der Waals surface area contributed by atoms with Crippen LogP contribution in [0.15, 0.2) is 23.1 Å². The minimum Gasteiger partial charge on any atom is -0.211 e. The van der Waals surface area contributed by atoms with Crippen LogP contribution in [0.5, 0.6) is 0 Å². The van der Waals surface area contributed by atoms with Crippen molar-refractivity contribution in [2.75, 3.05) is 6.54 Å². The molecule has 0 aliphatic rings. The van der Waals surface area contributed by atoms with Gasteiger partial charge in [-0.15, -0.1) is 0 Å². The number of rotatable bonds is 13. The monoisotopic (exact) mass is 361 g/mol. The Hall–Kier alpha value is -1.01. The lowest BCUT2D eigenvalue weighted by Crippen LogP contribution is -2.25. The normalized spacial score (nSPS) is 11.8. The van der Waals surface area contributed by atoms with Gasteiger partial charge < -0.3 is 0 Å². The third kappa shape index (κ3) is 8.20. The lowest BCUT2D eigenvalue weighted by atomic mass is 10.1. The number of sulfonamides is 1. The molecule has 0 aromatic heterocycles. The fourth-order valence-corrected chi connectivity index (χ4v) is 3.74. The molecule has 1 aromatic carbocycles. The van der Waals surface area contributed by atoms with E-state index >= 15 is 0 Å². The van der Waals surface area contributed by atoms with Crippen molar-refractivity contribution in [3.05, 3.63) is 29.8 Å². The highest BCUT2D eigenvalue weighted by atomic mass is 32.2. The molecule has 0 unspecified atom stereocenters. The van der Waals surface area contributed by atoms with Gasteiger partial charge in [0, 0.05) is 6.54 Å². The van der Waals surface area contributed by atoms with Crippen molar-refractivity contribution in [2.24, 2.45) is 0 Å². The summed E-state index contributed by atoms with van der Waals surface area (Å²) in [5.41, 5.74) is 0. The first-order valence-corrected chi connectivity index (χ1v) is 10.4. The van der Waals surface area contributed by atoms with E-state index < -0.39 is 26.6 Å². The van der Waals surface area contributed by atoms with Crippen molar-refractivity contribution < 1.29 is 17.2 Å². The molecule has 6 heteroatoms. The fraction of sp³-hybridized carbons (Fsp3) is 0.667. The summed E-state index contributed by atoms with van der Waals surface area (Å²) in [6.45, 7) is 2.45. The van der Waals surface area contributed by atoms with Crippen LogP contribution in [-0.2, 0) is 10.0 Å². The molecule has 3 nitrogen and oxygen atoms in total. The van der Waals surface area contributed by atoms with Crippen molar-refractivity contribution in [1.82, 2.24) is 4.72 Å². The highest BCUT2D eigenvalue weighted by Gasteiger charge is 2.19. The highest BCUT2D eigenvalue weighted by Crippen LogP contribution is 2.16. The average Bonchev–Trinajstić information content (AvgIpc) is 2.54. The van der Waals surface area contributed by atoms with E-state index in [4.69, 9.17) is 0 Å². The molecule has 0 bridgehead atoms. The SMILES string of the molecule is CCCCCCCCCCCCNS(=O)(=O)c1cc(F)ccc1F. The molecule has 0 aliphatic carbocycles. The van der Waals surface area contributed by atoms with Gasteiger partial charge in [0.15, 0.2) is 0 Å². The first-order chi connectivity index (χ1) is 11.5. The Kier molecular flexibility index (Phi) is 10.1. The molecule has 0 fully saturated rings. The van der Waals surface area contributed by atoms with Gasteiger partial charge in [0.25, 0.3) is 0 Å². The van der Waals surface area contributed by atoms with Crippen molar-refractivity contribution >= 4 is 10.0 Å². The van der Waals surface area contributed by atoms with E-state index in [2.05, 4.69) is 11.6 Å². The zero-order chi connectivity index (χ0) is 17.8. The van der Waals surface area contributed by atoms with E-state index in [1.54, 1.807) is 0 Å². The topological polar surface area (TPSA) is 46.2 Å². The largest absolute Gasteiger partial charge is 0.243 e. The molecule has 1 N–H and O–H groups in total. The summed E-state index contributed by atoms with van der Waals surface area (Å²) in [5.74, 6) is -1.71. The maximum atomic E-state index is 13.5. The van der Waals surface area contributed by atoms with E-state index in [-0.39, 0.29) is 6.54 Å². The lowest BCUT2D eigenvalue weighted by molar-refractivity contribution is 0.537. The first-order valence-electron chi connectivity index (χ1n) is 8.92. The van der Waals surface area contributed by atoms with Gasteiger partial charge in [0.05, 0.1) is 0 Å². The molecule has 0 heterocycles. The molecule has 138 valence electrons. The van der Waals surface area contributed by atoms with E-state index in [1.165, 1.54) is 38.5 Å². The molecule has 0 amide bonds. The number of halogens is 2. The van der Waals surface area contributed by atoms with Gasteiger partial charge in [0.2, 0.25) is 10.0 Å². The van der Waals surface area contributed by atoms with E-state index in [1.807, 2.05) is 0 Å². The Bertz CT molecular complexity index is 576. The standard InChI is InChI=1S/C18H29F2NO2S/c1-2-3-4-5-6-7-8-9-10-11-14-21-24(22,23)18-15-16(19)12-13-17(18)20/h12-13,15,21H,2-11,14H2,1H3. The Morgan fingerprint density at radius 2 is 1.42 bits per heavy atom. The third-order valence-electron chi connectivity index (χ3n) is 4.01. The predicted octanol–water partition coefficient (Wildman–Crippen LogP) is 5.16. The number of hydrogen-bond donors (Lipinski definition) is 1. The zero-order valence-electron chi connectivity index (χ0n) is 14.5. The number of nitrogens with one attached hydrogen (secondary N) is 1. The molecular weight excluding hydrogens is 332 g/mol. The highest BCUT2D eigenvalue weighted by molar-refractivity contribution is 7.89. The Morgan fingerprint density at radius 3 is 2.00 bits per heavy atom. The smallest absolute Gasteiger partial charge is 0.211 e. The Morgan fingerprint density at radius 1 is 0.875 bits per heavy atom. The van der Waals surface area contributed by atoms with E-state index in [9.17, 15) is 17.2 Å². The molecule has 1 aromatic rings. The van der Waals surface area contributed by atoms with Crippen LogP contribution < -0.4 is 4.72 Å². The summed E-state index contributed by atoms with van der Waals surface area (Å²) >= 11 is 0. The maximum absolute atomic E-state index is 13.5. The van der Waals surface area contributed by atoms with Crippen molar-refractivity contribution in [2.45, 2.75) is 76.0 Å². The van der Waals surface area contributed by atoms with Crippen LogP contribution in [0.1, 0.15) is 71.1 Å². The molecule has 0 aliphatic heterocycles. The summed E-state index contributed by atoms with van der Waals surface area (Å²) in [6, 6.07) is 2.43. The minimum absolute atomic E-state index is 0.245. The minimum atomic E-state index is -3.99. The molecular formula is C18H29F2NO2S. The van der Waals surface area contributed by atoms with Crippen LogP contribution in [0, 0.1) is 11.6 Å². The molecule has 0 radical (unpaired) electrons. The number of benzene rings is 1. The van der Waals surface area contributed by atoms with Crippen LogP contribution >= 0.6 is 0 Å².